The maximum absolute atomic E-state index is 10.9. The lowest BCUT2D eigenvalue weighted by molar-refractivity contribution is 0.0697. The number of aromatic carboxylic acids is 1. The number of carboxylic acids is 1. The minimum atomic E-state index is -0.932. The minimum absolute atomic E-state index is 0.227. The molecule has 1 atom stereocenters. The molecule has 1 fully saturated rings. The number of anilines is 1. The standard InChI is InChI=1S/C14H18N2O3S/c1-9-7-10(13(17)18)4-5-12(9)16-14(20)15-8-11-3-2-6-19-11/h4-5,7,11H,2-3,6,8H2,1H3,(H,17,18)(H2,15,16,20)/t11-/m1/s1. The van der Waals surface area contributed by atoms with E-state index in [4.69, 9.17) is 22.1 Å². The largest absolute Gasteiger partial charge is 0.478 e. The molecule has 3 N–H and O–H groups in total. The third kappa shape index (κ3) is 3.91. The van der Waals surface area contributed by atoms with E-state index in [1.807, 2.05) is 6.92 Å². The number of nitrogens with one attached hydrogen (secondary N) is 2. The third-order valence-corrected chi connectivity index (χ3v) is 3.48. The van der Waals surface area contributed by atoms with Crippen molar-refractivity contribution >= 4 is 29.0 Å². The molecule has 1 heterocycles. The van der Waals surface area contributed by atoms with Gasteiger partial charge < -0.3 is 20.5 Å². The van der Waals surface area contributed by atoms with E-state index in [1.54, 1.807) is 18.2 Å². The van der Waals surface area contributed by atoms with Gasteiger partial charge in [-0.2, -0.15) is 0 Å². The second kappa shape index (κ2) is 6.67. The van der Waals surface area contributed by atoms with Crippen LogP contribution in [0.1, 0.15) is 28.8 Å². The van der Waals surface area contributed by atoms with Crippen LogP contribution in [0.4, 0.5) is 5.69 Å². The lowest BCUT2D eigenvalue weighted by Crippen LogP contribution is -2.35. The summed E-state index contributed by atoms with van der Waals surface area (Å²) in [6.45, 7) is 3.36. The summed E-state index contributed by atoms with van der Waals surface area (Å²) in [5.41, 5.74) is 1.91. The fourth-order valence-electron chi connectivity index (χ4n) is 2.12. The minimum Gasteiger partial charge on any atom is -0.478 e. The zero-order valence-electron chi connectivity index (χ0n) is 11.3. The number of hydrogen-bond acceptors (Lipinski definition) is 3. The lowest BCUT2D eigenvalue weighted by atomic mass is 10.1. The van der Waals surface area contributed by atoms with Crippen LogP contribution in [-0.4, -0.2) is 35.4 Å². The van der Waals surface area contributed by atoms with Gasteiger partial charge in [-0.1, -0.05) is 0 Å². The Hall–Kier alpha value is -1.66. The molecule has 20 heavy (non-hydrogen) atoms. The molecule has 1 aliphatic rings. The molecule has 2 rings (SSSR count). The third-order valence-electron chi connectivity index (χ3n) is 3.24. The van der Waals surface area contributed by atoms with E-state index >= 15 is 0 Å². The second-order valence-electron chi connectivity index (χ2n) is 4.80. The van der Waals surface area contributed by atoms with Crippen molar-refractivity contribution in [1.82, 2.24) is 5.32 Å². The molecule has 0 spiro atoms. The summed E-state index contributed by atoms with van der Waals surface area (Å²) in [6.07, 6.45) is 2.38. The summed E-state index contributed by atoms with van der Waals surface area (Å²) in [4.78, 5) is 10.9. The number of aryl methyl sites for hydroxylation is 1. The van der Waals surface area contributed by atoms with Crippen molar-refractivity contribution in [3.8, 4) is 0 Å². The van der Waals surface area contributed by atoms with Gasteiger partial charge >= 0.3 is 5.97 Å². The first-order chi connectivity index (χ1) is 9.56. The number of benzene rings is 1. The van der Waals surface area contributed by atoms with Crippen molar-refractivity contribution in [3.63, 3.8) is 0 Å². The summed E-state index contributed by atoms with van der Waals surface area (Å²) in [6, 6.07) is 4.90. The molecular weight excluding hydrogens is 276 g/mol. The molecule has 6 heteroatoms. The SMILES string of the molecule is Cc1cc(C(=O)O)ccc1NC(=S)NC[C@H]1CCCO1. The summed E-state index contributed by atoms with van der Waals surface area (Å²) >= 11 is 5.22. The van der Waals surface area contributed by atoms with Crippen molar-refractivity contribution < 1.29 is 14.6 Å². The van der Waals surface area contributed by atoms with E-state index in [2.05, 4.69) is 10.6 Å². The predicted octanol–water partition coefficient (Wildman–Crippen LogP) is 2.16. The van der Waals surface area contributed by atoms with Crippen LogP contribution in [0.3, 0.4) is 0 Å². The van der Waals surface area contributed by atoms with E-state index in [0.717, 1.165) is 30.7 Å². The predicted molar refractivity (Wildman–Crippen MR) is 81.3 cm³/mol. The maximum atomic E-state index is 10.9. The summed E-state index contributed by atoms with van der Waals surface area (Å²) in [5.74, 6) is -0.932. The van der Waals surface area contributed by atoms with Crippen LogP contribution in [0, 0.1) is 6.92 Å². The van der Waals surface area contributed by atoms with Gasteiger partial charge in [-0.25, -0.2) is 4.79 Å². The van der Waals surface area contributed by atoms with Crippen LogP contribution in [-0.2, 0) is 4.74 Å². The highest BCUT2D eigenvalue weighted by Crippen LogP contribution is 2.16. The van der Waals surface area contributed by atoms with Crippen LogP contribution >= 0.6 is 12.2 Å². The van der Waals surface area contributed by atoms with Crippen LogP contribution in [0.2, 0.25) is 0 Å². The van der Waals surface area contributed by atoms with Gasteiger partial charge in [0, 0.05) is 18.8 Å². The molecule has 1 saturated heterocycles. The number of carbonyl (C=O) groups is 1. The molecule has 0 amide bonds. The van der Waals surface area contributed by atoms with Gasteiger partial charge in [-0.15, -0.1) is 0 Å². The molecule has 5 nitrogen and oxygen atoms in total. The molecule has 0 unspecified atom stereocenters. The highest BCUT2D eigenvalue weighted by molar-refractivity contribution is 7.80. The average molecular weight is 294 g/mol. The number of hydrogen-bond donors (Lipinski definition) is 3. The summed E-state index contributed by atoms with van der Waals surface area (Å²) in [5, 5.41) is 15.6. The first-order valence-corrected chi connectivity index (χ1v) is 6.97. The van der Waals surface area contributed by atoms with Gasteiger partial charge in [0.25, 0.3) is 0 Å². The first-order valence-electron chi connectivity index (χ1n) is 6.56. The van der Waals surface area contributed by atoms with Crippen LogP contribution in [0.15, 0.2) is 18.2 Å². The van der Waals surface area contributed by atoms with Crippen LogP contribution < -0.4 is 10.6 Å². The van der Waals surface area contributed by atoms with E-state index < -0.39 is 5.97 Å². The van der Waals surface area contributed by atoms with Crippen LogP contribution in [0.25, 0.3) is 0 Å². The van der Waals surface area contributed by atoms with Gasteiger partial charge in [-0.3, -0.25) is 0 Å². The molecule has 1 aromatic rings. The van der Waals surface area contributed by atoms with Gasteiger partial charge in [0.15, 0.2) is 5.11 Å². The molecule has 1 aromatic carbocycles. The Morgan fingerprint density at radius 3 is 2.95 bits per heavy atom. The Labute approximate surface area is 123 Å². The molecule has 108 valence electrons. The topological polar surface area (TPSA) is 70.6 Å². The second-order valence-corrected chi connectivity index (χ2v) is 5.21. The van der Waals surface area contributed by atoms with Crippen molar-refractivity contribution in [3.05, 3.63) is 29.3 Å². The van der Waals surface area contributed by atoms with Gasteiger partial charge in [-0.05, 0) is 55.7 Å². The Kier molecular flexibility index (Phi) is 4.92. The normalized spacial score (nSPS) is 17.8. The van der Waals surface area contributed by atoms with Gasteiger partial charge in [0.2, 0.25) is 0 Å². The molecule has 0 aromatic heterocycles. The highest BCUT2D eigenvalue weighted by atomic mass is 32.1. The first kappa shape index (κ1) is 14.7. The fraction of sp³-hybridized carbons (Fsp3) is 0.429. The van der Waals surface area contributed by atoms with E-state index in [-0.39, 0.29) is 11.7 Å². The van der Waals surface area contributed by atoms with E-state index in [1.165, 1.54) is 0 Å². The molecule has 0 radical (unpaired) electrons. The Balaban J connectivity index is 1.88. The fourth-order valence-corrected chi connectivity index (χ4v) is 2.31. The molecular formula is C14H18N2O3S. The van der Waals surface area contributed by atoms with Crippen molar-refractivity contribution in [2.24, 2.45) is 0 Å². The lowest BCUT2D eigenvalue weighted by Gasteiger charge is -2.15. The Morgan fingerprint density at radius 1 is 1.55 bits per heavy atom. The molecule has 0 bridgehead atoms. The van der Waals surface area contributed by atoms with Gasteiger partial charge in [0.05, 0.1) is 11.7 Å². The maximum Gasteiger partial charge on any atom is 0.335 e. The Bertz CT molecular complexity index is 513. The number of thiocarbonyl (C=S) groups is 1. The quantitative estimate of drug-likeness (QED) is 0.739. The van der Waals surface area contributed by atoms with Gasteiger partial charge in [0.1, 0.15) is 0 Å². The average Bonchev–Trinajstić information content (AvgIpc) is 2.91. The molecule has 0 aliphatic carbocycles. The number of rotatable bonds is 4. The van der Waals surface area contributed by atoms with Crippen LogP contribution in [0.5, 0.6) is 0 Å². The Morgan fingerprint density at radius 2 is 2.35 bits per heavy atom. The number of carboxylic acid groups (broad SMARTS) is 1. The molecule has 0 saturated carbocycles. The summed E-state index contributed by atoms with van der Waals surface area (Å²) in [7, 11) is 0. The molecule has 1 aliphatic heterocycles. The smallest absolute Gasteiger partial charge is 0.335 e. The zero-order chi connectivity index (χ0) is 14.5. The summed E-state index contributed by atoms with van der Waals surface area (Å²) < 4.78 is 5.50. The van der Waals surface area contributed by atoms with Crippen molar-refractivity contribution in [2.45, 2.75) is 25.9 Å². The monoisotopic (exact) mass is 294 g/mol. The number of ether oxygens (including phenoxy) is 1. The zero-order valence-corrected chi connectivity index (χ0v) is 12.1. The van der Waals surface area contributed by atoms with Crippen molar-refractivity contribution in [2.75, 3.05) is 18.5 Å². The highest BCUT2D eigenvalue weighted by Gasteiger charge is 2.15. The van der Waals surface area contributed by atoms with E-state index in [0.29, 0.717) is 11.7 Å². The van der Waals surface area contributed by atoms with Crippen molar-refractivity contribution in [1.29, 1.82) is 0 Å². The van der Waals surface area contributed by atoms with E-state index in [9.17, 15) is 4.79 Å².